The summed E-state index contributed by atoms with van der Waals surface area (Å²) in [4.78, 5) is 10.9. The number of rotatable bonds is 4. The minimum Gasteiger partial charge on any atom is -0.296 e. The van der Waals surface area contributed by atoms with Crippen molar-refractivity contribution in [1.82, 2.24) is 0 Å². The molecule has 0 unspecified atom stereocenters. The van der Waals surface area contributed by atoms with Crippen LogP contribution in [0.4, 0.5) is 18.9 Å². The van der Waals surface area contributed by atoms with E-state index in [2.05, 4.69) is 10.2 Å². The van der Waals surface area contributed by atoms with Gasteiger partial charge in [0.2, 0.25) is 0 Å². The average molecular weight is 334 g/mol. The molecule has 1 aromatic carbocycles. The lowest BCUT2D eigenvalue weighted by molar-refractivity contribution is -0.137. The van der Waals surface area contributed by atoms with Crippen LogP contribution in [0, 0.1) is 0 Å². The van der Waals surface area contributed by atoms with E-state index in [0.29, 0.717) is 12.1 Å². The van der Waals surface area contributed by atoms with Gasteiger partial charge in [-0.25, -0.2) is 0 Å². The maximum absolute atomic E-state index is 12.5. The lowest BCUT2D eigenvalue weighted by Crippen LogP contribution is -2.04. The van der Waals surface area contributed by atoms with Crippen LogP contribution in [-0.2, 0) is 11.0 Å². The lowest BCUT2D eigenvalue weighted by Gasteiger charge is -2.09. The molecular formula is C10H6Cl3F3N2O. The number of benzene rings is 1. The Morgan fingerprint density at radius 2 is 1.74 bits per heavy atom. The van der Waals surface area contributed by atoms with Crippen molar-refractivity contribution in [2.24, 2.45) is 10.2 Å². The van der Waals surface area contributed by atoms with E-state index in [1.807, 2.05) is 0 Å². The van der Waals surface area contributed by atoms with Gasteiger partial charge in [-0.15, -0.1) is 11.6 Å². The van der Waals surface area contributed by atoms with Gasteiger partial charge in [0.05, 0.1) is 21.5 Å². The summed E-state index contributed by atoms with van der Waals surface area (Å²) in [5.41, 5.74) is -1.11. The summed E-state index contributed by atoms with van der Waals surface area (Å²) in [6.07, 6.45) is -4.56. The Hall–Kier alpha value is -0.850. The molecular weight excluding hydrogens is 327 g/mol. The number of nitrogens with zero attached hydrogens (tertiary/aromatic N) is 2. The predicted molar refractivity (Wildman–Crippen MR) is 66.6 cm³/mol. The molecule has 1 rings (SSSR count). The van der Waals surface area contributed by atoms with E-state index in [1.54, 1.807) is 0 Å². The molecule has 1 aromatic rings. The van der Waals surface area contributed by atoms with Gasteiger partial charge in [0.15, 0.2) is 5.78 Å². The highest BCUT2D eigenvalue weighted by Gasteiger charge is 2.32. The molecule has 0 amide bonds. The summed E-state index contributed by atoms with van der Waals surface area (Å²) in [7, 11) is 0. The van der Waals surface area contributed by atoms with Gasteiger partial charge in [-0.05, 0) is 12.1 Å². The minimum atomic E-state index is -4.56. The second-order valence-corrected chi connectivity index (χ2v) is 4.44. The van der Waals surface area contributed by atoms with Gasteiger partial charge in [-0.1, -0.05) is 23.2 Å². The molecule has 0 aliphatic heterocycles. The molecule has 0 N–H and O–H groups in total. The highest BCUT2D eigenvalue weighted by atomic mass is 35.5. The Morgan fingerprint density at radius 3 is 2.16 bits per heavy atom. The van der Waals surface area contributed by atoms with E-state index in [-0.39, 0.29) is 33.9 Å². The number of azo groups is 1. The first-order chi connectivity index (χ1) is 8.75. The Morgan fingerprint density at radius 1 is 1.21 bits per heavy atom. The van der Waals surface area contributed by atoms with Crippen molar-refractivity contribution in [1.29, 1.82) is 0 Å². The molecule has 9 heteroatoms. The molecule has 0 saturated heterocycles. The summed E-state index contributed by atoms with van der Waals surface area (Å²) in [6.45, 7) is -0.294. The van der Waals surface area contributed by atoms with Gasteiger partial charge in [0.25, 0.3) is 0 Å². The molecule has 0 radical (unpaired) electrons. The van der Waals surface area contributed by atoms with Gasteiger partial charge < -0.3 is 0 Å². The Kier molecular flexibility index (Phi) is 5.58. The van der Waals surface area contributed by atoms with Crippen molar-refractivity contribution < 1.29 is 18.0 Å². The third-order valence-corrected chi connectivity index (χ3v) is 2.79. The van der Waals surface area contributed by atoms with E-state index < -0.39 is 11.7 Å². The van der Waals surface area contributed by atoms with Crippen LogP contribution < -0.4 is 0 Å². The third kappa shape index (κ3) is 4.63. The van der Waals surface area contributed by atoms with E-state index in [1.165, 1.54) is 0 Å². The molecule has 104 valence electrons. The summed E-state index contributed by atoms with van der Waals surface area (Å²) in [5.74, 6) is -0.613. The zero-order chi connectivity index (χ0) is 14.6. The molecule has 0 bridgehead atoms. The molecule has 0 spiro atoms. The van der Waals surface area contributed by atoms with Crippen LogP contribution in [-0.4, -0.2) is 18.2 Å². The zero-order valence-electron chi connectivity index (χ0n) is 9.14. The second-order valence-electron chi connectivity index (χ2n) is 3.36. The SMILES string of the molecule is O=C(CCl)CN=Nc1c(Cl)cc(C(F)(F)F)cc1Cl. The van der Waals surface area contributed by atoms with Crippen LogP contribution in [0.5, 0.6) is 0 Å². The summed E-state index contributed by atoms with van der Waals surface area (Å²) >= 11 is 16.5. The molecule has 0 heterocycles. The number of hydrogen-bond donors (Lipinski definition) is 0. The molecule has 19 heavy (non-hydrogen) atoms. The minimum absolute atomic E-state index is 0.126. The van der Waals surface area contributed by atoms with Crippen molar-refractivity contribution in [3.8, 4) is 0 Å². The van der Waals surface area contributed by atoms with Crippen molar-refractivity contribution >= 4 is 46.3 Å². The maximum atomic E-state index is 12.5. The quantitative estimate of drug-likeness (QED) is 0.570. The number of halogens is 6. The molecule has 0 aromatic heterocycles. The molecule has 0 aliphatic rings. The van der Waals surface area contributed by atoms with Gasteiger partial charge in [-0.2, -0.15) is 23.4 Å². The van der Waals surface area contributed by atoms with E-state index in [9.17, 15) is 18.0 Å². The van der Waals surface area contributed by atoms with Crippen molar-refractivity contribution in [2.75, 3.05) is 12.4 Å². The highest BCUT2D eigenvalue weighted by molar-refractivity contribution is 6.38. The zero-order valence-corrected chi connectivity index (χ0v) is 11.4. The number of Topliss-reactive ketones (excluding diaryl/α,β-unsaturated/α-hetero) is 1. The number of alkyl halides is 4. The molecule has 0 atom stereocenters. The van der Waals surface area contributed by atoms with Crippen molar-refractivity contribution in [3.63, 3.8) is 0 Å². The first-order valence-corrected chi connectivity index (χ1v) is 6.06. The monoisotopic (exact) mass is 332 g/mol. The molecule has 0 fully saturated rings. The third-order valence-electron chi connectivity index (χ3n) is 1.91. The van der Waals surface area contributed by atoms with Crippen molar-refractivity contribution in [3.05, 3.63) is 27.7 Å². The Labute approximate surface area is 121 Å². The maximum Gasteiger partial charge on any atom is 0.416 e. The number of ketones is 1. The fourth-order valence-corrected chi connectivity index (χ4v) is 1.70. The fraction of sp³-hybridized carbons (Fsp3) is 0.300. The van der Waals surface area contributed by atoms with Crippen LogP contribution in [0.2, 0.25) is 10.0 Å². The number of carbonyl (C=O) groups excluding carboxylic acids is 1. The molecule has 0 saturated carbocycles. The molecule has 3 nitrogen and oxygen atoms in total. The van der Waals surface area contributed by atoms with E-state index >= 15 is 0 Å². The number of hydrogen-bond acceptors (Lipinski definition) is 3. The standard InChI is InChI=1S/C10H6Cl3F3N2O/c11-3-6(19)4-17-18-9-7(12)1-5(2-8(9)13)10(14,15)16/h1-2H,3-4H2. The largest absolute Gasteiger partial charge is 0.416 e. The first kappa shape index (κ1) is 16.2. The lowest BCUT2D eigenvalue weighted by atomic mass is 10.2. The van der Waals surface area contributed by atoms with Gasteiger partial charge in [0.1, 0.15) is 12.2 Å². The smallest absolute Gasteiger partial charge is 0.296 e. The summed E-state index contributed by atoms with van der Waals surface area (Å²) in [5, 5.41) is 6.39. The van der Waals surface area contributed by atoms with Crippen LogP contribution in [0.1, 0.15) is 5.56 Å². The Balaban J connectivity index is 3.01. The van der Waals surface area contributed by atoms with E-state index in [0.717, 1.165) is 0 Å². The van der Waals surface area contributed by atoms with Crippen LogP contribution in [0.3, 0.4) is 0 Å². The normalized spacial score (nSPS) is 12.1. The Bertz CT molecular complexity index is 494. The van der Waals surface area contributed by atoms with Gasteiger partial charge >= 0.3 is 6.18 Å². The predicted octanol–water partition coefficient (Wildman–Crippen LogP) is 4.90. The van der Waals surface area contributed by atoms with Gasteiger partial charge in [-0.3, -0.25) is 4.79 Å². The average Bonchev–Trinajstić information content (AvgIpc) is 2.30. The first-order valence-electron chi connectivity index (χ1n) is 4.77. The fourth-order valence-electron chi connectivity index (χ4n) is 1.05. The summed E-state index contributed by atoms with van der Waals surface area (Å²) < 4.78 is 37.4. The topological polar surface area (TPSA) is 41.8 Å². The summed E-state index contributed by atoms with van der Waals surface area (Å²) in [6, 6.07) is 1.37. The van der Waals surface area contributed by atoms with Crippen molar-refractivity contribution in [2.45, 2.75) is 6.18 Å². The van der Waals surface area contributed by atoms with Crippen LogP contribution in [0.25, 0.3) is 0 Å². The highest BCUT2D eigenvalue weighted by Crippen LogP contribution is 2.39. The van der Waals surface area contributed by atoms with Gasteiger partial charge in [0, 0.05) is 0 Å². The van der Waals surface area contributed by atoms with Crippen LogP contribution >= 0.6 is 34.8 Å². The molecule has 0 aliphatic carbocycles. The number of carbonyl (C=O) groups is 1. The van der Waals surface area contributed by atoms with Crippen LogP contribution in [0.15, 0.2) is 22.4 Å². The second kappa shape index (κ2) is 6.54. The van der Waals surface area contributed by atoms with E-state index in [4.69, 9.17) is 34.8 Å².